The normalized spacial score (nSPS) is 11.3. The Morgan fingerprint density at radius 1 is 1.07 bits per heavy atom. The van der Waals surface area contributed by atoms with Gasteiger partial charge in [0.2, 0.25) is 15.9 Å². The molecule has 0 aliphatic carbocycles. The van der Waals surface area contributed by atoms with E-state index in [-0.39, 0.29) is 29.7 Å². The molecule has 7 nitrogen and oxygen atoms in total. The lowest BCUT2D eigenvalue weighted by Gasteiger charge is -2.15. The van der Waals surface area contributed by atoms with Crippen LogP contribution in [0, 0.1) is 6.92 Å². The Labute approximate surface area is 173 Å². The van der Waals surface area contributed by atoms with Gasteiger partial charge in [0.15, 0.2) is 0 Å². The van der Waals surface area contributed by atoms with E-state index in [9.17, 15) is 18.0 Å². The van der Waals surface area contributed by atoms with E-state index >= 15 is 0 Å². The monoisotopic (exact) mass is 467 g/mol. The molecule has 150 valence electrons. The molecular formula is C19H22BrN3O4S. The maximum atomic E-state index is 12.4. The molecule has 0 atom stereocenters. The predicted octanol–water partition coefficient (Wildman–Crippen LogP) is 2.77. The molecule has 0 radical (unpaired) electrons. The van der Waals surface area contributed by atoms with Gasteiger partial charge in [0.1, 0.15) is 0 Å². The largest absolute Gasteiger partial charge is 0.352 e. The molecule has 0 fully saturated rings. The molecular weight excluding hydrogens is 446 g/mol. The number of hydrogen-bond donors (Lipinski definition) is 2. The Balaban J connectivity index is 1.94. The Bertz CT molecular complexity index is 973. The zero-order valence-corrected chi connectivity index (χ0v) is 18.2. The second-order valence-corrected chi connectivity index (χ2v) is 9.36. The first-order chi connectivity index (χ1) is 13.1. The molecule has 2 rings (SSSR count). The fourth-order valence-electron chi connectivity index (χ4n) is 2.37. The highest BCUT2D eigenvalue weighted by Crippen LogP contribution is 2.22. The van der Waals surface area contributed by atoms with Gasteiger partial charge in [0.05, 0.1) is 4.90 Å². The van der Waals surface area contributed by atoms with Crippen molar-refractivity contribution in [3.8, 4) is 0 Å². The number of anilines is 1. The van der Waals surface area contributed by atoms with Crippen LogP contribution in [0.2, 0.25) is 0 Å². The van der Waals surface area contributed by atoms with Crippen molar-refractivity contribution in [3.63, 3.8) is 0 Å². The average molecular weight is 468 g/mol. The van der Waals surface area contributed by atoms with Crippen molar-refractivity contribution < 1.29 is 18.0 Å². The minimum absolute atomic E-state index is 0.0614. The lowest BCUT2D eigenvalue weighted by molar-refractivity contribution is -0.116. The van der Waals surface area contributed by atoms with Crippen molar-refractivity contribution in [2.24, 2.45) is 0 Å². The molecule has 9 heteroatoms. The van der Waals surface area contributed by atoms with E-state index in [1.165, 1.54) is 20.2 Å². The molecule has 0 saturated heterocycles. The molecule has 2 aromatic rings. The van der Waals surface area contributed by atoms with E-state index < -0.39 is 10.0 Å². The van der Waals surface area contributed by atoms with E-state index in [0.717, 1.165) is 8.78 Å². The zero-order chi connectivity index (χ0) is 20.9. The summed E-state index contributed by atoms with van der Waals surface area (Å²) in [5.74, 6) is -0.594. The van der Waals surface area contributed by atoms with Crippen molar-refractivity contribution >= 4 is 43.5 Å². The third-order valence-electron chi connectivity index (χ3n) is 3.97. The number of hydrogen-bond acceptors (Lipinski definition) is 4. The predicted molar refractivity (Wildman–Crippen MR) is 112 cm³/mol. The van der Waals surface area contributed by atoms with Crippen LogP contribution in [0.3, 0.4) is 0 Å². The highest BCUT2D eigenvalue weighted by molar-refractivity contribution is 9.10. The van der Waals surface area contributed by atoms with E-state index in [0.29, 0.717) is 16.8 Å². The van der Waals surface area contributed by atoms with Gasteiger partial charge in [-0.15, -0.1) is 0 Å². The van der Waals surface area contributed by atoms with Gasteiger partial charge in [-0.2, -0.15) is 0 Å². The van der Waals surface area contributed by atoms with Crippen molar-refractivity contribution in [2.45, 2.75) is 18.2 Å². The van der Waals surface area contributed by atoms with Gasteiger partial charge < -0.3 is 10.6 Å². The summed E-state index contributed by atoms with van der Waals surface area (Å²) in [6.45, 7) is 1.86. The van der Waals surface area contributed by atoms with Gasteiger partial charge >= 0.3 is 0 Å². The fraction of sp³-hybridized carbons (Fsp3) is 0.263. The zero-order valence-electron chi connectivity index (χ0n) is 15.8. The number of sulfonamides is 1. The van der Waals surface area contributed by atoms with Crippen LogP contribution in [0.5, 0.6) is 0 Å². The van der Waals surface area contributed by atoms with Crippen molar-refractivity contribution in [1.29, 1.82) is 0 Å². The Morgan fingerprint density at radius 2 is 1.71 bits per heavy atom. The van der Waals surface area contributed by atoms with Crippen molar-refractivity contribution in [2.75, 3.05) is 26.0 Å². The number of halogens is 1. The van der Waals surface area contributed by atoms with Gasteiger partial charge in [-0.1, -0.05) is 22.0 Å². The second-order valence-electron chi connectivity index (χ2n) is 6.33. The molecule has 0 aliphatic rings. The number of nitrogens with zero attached hydrogens (tertiary/aromatic N) is 1. The maximum Gasteiger partial charge on any atom is 0.251 e. The summed E-state index contributed by atoms with van der Waals surface area (Å²) in [6, 6.07) is 11.6. The van der Waals surface area contributed by atoms with Crippen LogP contribution in [-0.4, -0.2) is 45.2 Å². The van der Waals surface area contributed by atoms with Crippen LogP contribution in [0.15, 0.2) is 51.8 Å². The molecule has 0 unspecified atom stereocenters. The van der Waals surface area contributed by atoms with E-state index in [2.05, 4.69) is 26.6 Å². The summed E-state index contributed by atoms with van der Waals surface area (Å²) < 4.78 is 26.7. The van der Waals surface area contributed by atoms with Gasteiger partial charge in [-0.05, 0) is 48.9 Å². The molecule has 0 aliphatic heterocycles. The standard InChI is InChI=1S/C19H22BrN3O4S/c1-13-4-9-16(12-17(13)28(26,27)23(2)3)22-18(24)10-11-21-19(25)14-5-7-15(20)8-6-14/h4-9,12H,10-11H2,1-3H3,(H,21,25)(H,22,24). The Morgan fingerprint density at radius 3 is 2.32 bits per heavy atom. The molecule has 0 spiro atoms. The number of rotatable bonds is 7. The molecule has 2 N–H and O–H groups in total. The van der Waals surface area contributed by atoms with E-state index in [4.69, 9.17) is 0 Å². The number of carbonyl (C=O) groups is 2. The quantitative estimate of drug-likeness (QED) is 0.654. The third-order valence-corrected chi connectivity index (χ3v) is 6.46. The molecule has 2 amide bonds. The average Bonchev–Trinajstić information content (AvgIpc) is 2.63. The van der Waals surface area contributed by atoms with E-state index in [1.807, 2.05) is 0 Å². The summed E-state index contributed by atoms with van der Waals surface area (Å²) in [4.78, 5) is 24.3. The summed E-state index contributed by atoms with van der Waals surface area (Å²) in [5, 5.41) is 5.34. The van der Waals surface area contributed by atoms with Crippen LogP contribution in [-0.2, 0) is 14.8 Å². The first kappa shape index (κ1) is 22.1. The summed E-state index contributed by atoms with van der Waals surface area (Å²) in [7, 11) is -0.701. The SMILES string of the molecule is Cc1ccc(NC(=O)CCNC(=O)c2ccc(Br)cc2)cc1S(=O)(=O)N(C)C. The lowest BCUT2D eigenvalue weighted by Crippen LogP contribution is -2.27. The molecule has 0 aromatic heterocycles. The number of nitrogens with one attached hydrogen (secondary N) is 2. The number of aryl methyl sites for hydroxylation is 1. The van der Waals surface area contributed by atoms with E-state index in [1.54, 1.807) is 43.3 Å². The lowest BCUT2D eigenvalue weighted by atomic mass is 10.2. The van der Waals surface area contributed by atoms with Crippen molar-refractivity contribution in [1.82, 2.24) is 9.62 Å². The van der Waals surface area contributed by atoms with Gasteiger partial charge in [0, 0.05) is 42.8 Å². The van der Waals surface area contributed by atoms with Crippen LogP contribution in [0.25, 0.3) is 0 Å². The molecule has 0 saturated carbocycles. The van der Waals surface area contributed by atoms with Crippen LogP contribution < -0.4 is 10.6 Å². The number of benzene rings is 2. The topological polar surface area (TPSA) is 95.6 Å². The summed E-state index contributed by atoms with van der Waals surface area (Å²) in [6.07, 6.45) is 0.0614. The smallest absolute Gasteiger partial charge is 0.251 e. The van der Waals surface area contributed by atoms with Gasteiger partial charge in [0.25, 0.3) is 5.91 Å². The van der Waals surface area contributed by atoms with Gasteiger partial charge in [-0.25, -0.2) is 12.7 Å². The van der Waals surface area contributed by atoms with Crippen LogP contribution in [0.4, 0.5) is 5.69 Å². The van der Waals surface area contributed by atoms with Crippen molar-refractivity contribution in [3.05, 3.63) is 58.1 Å². The summed E-state index contributed by atoms with van der Waals surface area (Å²) in [5.41, 5.74) is 1.48. The molecule has 0 bridgehead atoms. The first-order valence-corrected chi connectivity index (χ1v) is 10.7. The highest BCUT2D eigenvalue weighted by Gasteiger charge is 2.20. The third kappa shape index (κ3) is 5.63. The van der Waals surface area contributed by atoms with Crippen LogP contribution in [0.1, 0.15) is 22.3 Å². The van der Waals surface area contributed by atoms with Crippen LogP contribution >= 0.6 is 15.9 Å². The fourth-order valence-corrected chi connectivity index (χ4v) is 3.78. The minimum Gasteiger partial charge on any atom is -0.352 e. The summed E-state index contributed by atoms with van der Waals surface area (Å²) >= 11 is 3.30. The number of carbonyl (C=O) groups excluding carboxylic acids is 2. The molecule has 28 heavy (non-hydrogen) atoms. The number of amides is 2. The minimum atomic E-state index is -3.61. The molecule has 0 heterocycles. The highest BCUT2D eigenvalue weighted by atomic mass is 79.9. The van der Waals surface area contributed by atoms with Gasteiger partial charge in [-0.3, -0.25) is 9.59 Å². The Hall–Kier alpha value is -2.23. The maximum absolute atomic E-state index is 12.4. The Kier molecular flexibility index (Phi) is 7.34. The second kappa shape index (κ2) is 9.31. The first-order valence-electron chi connectivity index (χ1n) is 8.48. The molecule has 2 aromatic carbocycles.